The summed E-state index contributed by atoms with van der Waals surface area (Å²) in [6.07, 6.45) is 0. The van der Waals surface area contributed by atoms with Gasteiger partial charge in [-0.2, -0.15) is 0 Å². The summed E-state index contributed by atoms with van der Waals surface area (Å²) in [4.78, 5) is 0. The number of anilines is 1. The molecule has 0 aliphatic heterocycles. The minimum Gasteiger partial charge on any atom is -0.381 e. The Morgan fingerprint density at radius 1 is 1.00 bits per heavy atom. The van der Waals surface area contributed by atoms with E-state index in [-0.39, 0.29) is 5.82 Å². The lowest BCUT2D eigenvalue weighted by molar-refractivity contribution is 0.625. The Balaban J connectivity index is 2.11. The molecular weight excluding hydrogens is 293 g/mol. The predicted molar refractivity (Wildman–Crippen MR) is 77.3 cm³/mol. The van der Waals surface area contributed by atoms with Gasteiger partial charge in [-0.05, 0) is 60.9 Å². The molecule has 0 aliphatic carbocycles. The van der Waals surface area contributed by atoms with Crippen molar-refractivity contribution in [3.05, 3.63) is 63.4 Å². The fourth-order valence-corrected chi connectivity index (χ4v) is 2.51. The maximum absolute atomic E-state index is 13.2. The quantitative estimate of drug-likeness (QED) is 0.857. The molecule has 2 aromatic rings. The van der Waals surface area contributed by atoms with Gasteiger partial charge in [0.25, 0.3) is 0 Å². The maximum Gasteiger partial charge on any atom is 0.124 e. The summed E-state index contributed by atoms with van der Waals surface area (Å²) in [6, 6.07) is 11.2. The van der Waals surface area contributed by atoms with Crippen LogP contribution in [0.1, 0.15) is 16.7 Å². The van der Waals surface area contributed by atoms with Crippen LogP contribution in [0.25, 0.3) is 0 Å². The van der Waals surface area contributed by atoms with Crippen LogP contribution in [0.2, 0.25) is 0 Å². The van der Waals surface area contributed by atoms with Gasteiger partial charge in [-0.15, -0.1) is 0 Å². The summed E-state index contributed by atoms with van der Waals surface area (Å²) in [5.74, 6) is -0.221. The Kier molecular flexibility index (Phi) is 4.02. The lowest BCUT2D eigenvalue weighted by atomic mass is 10.1. The number of hydrogen-bond acceptors (Lipinski definition) is 1. The molecular formula is C15H15BrFN. The van der Waals surface area contributed by atoms with Crippen LogP contribution in [0.15, 0.2) is 40.9 Å². The first-order valence-electron chi connectivity index (χ1n) is 5.80. The van der Waals surface area contributed by atoms with Crippen molar-refractivity contribution in [1.29, 1.82) is 0 Å². The van der Waals surface area contributed by atoms with E-state index in [0.29, 0.717) is 6.54 Å². The van der Waals surface area contributed by atoms with E-state index >= 15 is 0 Å². The number of rotatable bonds is 3. The normalized spacial score (nSPS) is 10.4. The highest BCUT2D eigenvalue weighted by Crippen LogP contribution is 2.18. The number of nitrogens with one attached hydrogen (secondary N) is 1. The van der Waals surface area contributed by atoms with E-state index in [0.717, 1.165) is 15.7 Å². The van der Waals surface area contributed by atoms with Gasteiger partial charge >= 0.3 is 0 Å². The third-order valence-corrected chi connectivity index (χ3v) is 3.10. The Bertz CT molecular complexity index is 474. The first kappa shape index (κ1) is 13.1. The lowest BCUT2D eigenvalue weighted by Crippen LogP contribution is -2.00. The first-order chi connectivity index (χ1) is 8.52. The summed E-state index contributed by atoms with van der Waals surface area (Å²) < 4.78 is 14.0. The van der Waals surface area contributed by atoms with Crippen molar-refractivity contribution in [2.75, 3.05) is 5.32 Å². The minimum atomic E-state index is -0.221. The molecule has 0 amide bonds. The average Bonchev–Trinajstić information content (AvgIpc) is 2.23. The second kappa shape index (κ2) is 5.53. The highest BCUT2D eigenvalue weighted by atomic mass is 79.9. The standard InChI is InChI=1S/C15H15BrFN/c1-10-3-11(2)5-15(4-10)18-9-12-6-13(16)8-14(17)7-12/h3-8,18H,9H2,1-2H3. The Morgan fingerprint density at radius 2 is 1.67 bits per heavy atom. The highest BCUT2D eigenvalue weighted by Gasteiger charge is 2.00. The number of halogens is 2. The molecule has 18 heavy (non-hydrogen) atoms. The van der Waals surface area contributed by atoms with E-state index in [1.807, 2.05) is 6.07 Å². The zero-order valence-corrected chi connectivity index (χ0v) is 12.0. The molecule has 0 saturated carbocycles. The minimum absolute atomic E-state index is 0.221. The van der Waals surface area contributed by atoms with Gasteiger partial charge in [0.05, 0.1) is 0 Å². The van der Waals surface area contributed by atoms with Crippen LogP contribution in [-0.2, 0) is 6.54 Å². The Labute approximate surface area is 115 Å². The van der Waals surface area contributed by atoms with E-state index in [1.54, 1.807) is 6.07 Å². The maximum atomic E-state index is 13.2. The third kappa shape index (κ3) is 3.57. The molecule has 0 bridgehead atoms. The van der Waals surface area contributed by atoms with Crippen molar-refractivity contribution in [3.8, 4) is 0 Å². The van der Waals surface area contributed by atoms with Gasteiger partial charge in [0, 0.05) is 16.7 Å². The molecule has 0 atom stereocenters. The summed E-state index contributed by atoms with van der Waals surface area (Å²) in [5, 5.41) is 3.31. The lowest BCUT2D eigenvalue weighted by Gasteiger charge is -2.09. The van der Waals surface area contributed by atoms with E-state index in [9.17, 15) is 4.39 Å². The molecule has 0 spiro atoms. The monoisotopic (exact) mass is 307 g/mol. The van der Waals surface area contributed by atoms with E-state index in [4.69, 9.17) is 0 Å². The van der Waals surface area contributed by atoms with Crippen molar-refractivity contribution in [2.45, 2.75) is 20.4 Å². The Hall–Kier alpha value is -1.35. The molecule has 0 unspecified atom stereocenters. The zero-order valence-electron chi connectivity index (χ0n) is 10.4. The van der Waals surface area contributed by atoms with Crippen molar-refractivity contribution in [3.63, 3.8) is 0 Å². The van der Waals surface area contributed by atoms with Gasteiger partial charge in [0.1, 0.15) is 5.82 Å². The first-order valence-corrected chi connectivity index (χ1v) is 6.59. The van der Waals surface area contributed by atoms with Crippen LogP contribution in [0.5, 0.6) is 0 Å². The van der Waals surface area contributed by atoms with Crippen LogP contribution in [0.4, 0.5) is 10.1 Å². The molecule has 0 fully saturated rings. The van der Waals surface area contributed by atoms with Gasteiger partial charge in [-0.1, -0.05) is 22.0 Å². The smallest absolute Gasteiger partial charge is 0.124 e. The van der Waals surface area contributed by atoms with Crippen molar-refractivity contribution in [2.24, 2.45) is 0 Å². The summed E-state index contributed by atoms with van der Waals surface area (Å²) in [5.41, 5.74) is 4.42. The van der Waals surface area contributed by atoms with Crippen LogP contribution in [0.3, 0.4) is 0 Å². The number of aryl methyl sites for hydroxylation is 2. The molecule has 2 aromatic carbocycles. The highest BCUT2D eigenvalue weighted by molar-refractivity contribution is 9.10. The summed E-state index contributed by atoms with van der Waals surface area (Å²) >= 11 is 3.29. The molecule has 0 saturated heterocycles. The van der Waals surface area contributed by atoms with Crippen molar-refractivity contribution < 1.29 is 4.39 Å². The van der Waals surface area contributed by atoms with Gasteiger partial charge in [-0.3, -0.25) is 0 Å². The number of hydrogen-bond donors (Lipinski definition) is 1. The van der Waals surface area contributed by atoms with Crippen LogP contribution >= 0.6 is 15.9 Å². The fourth-order valence-electron chi connectivity index (χ4n) is 1.99. The van der Waals surface area contributed by atoms with Gasteiger partial charge in [0.15, 0.2) is 0 Å². The summed E-state index contributed by atoms with van der Waals surface area (Å²) in [6.45, 7) is 4.74. The van der Waals surface area contributed by atoms with E-state index in [2.05, 4.69) is 53.3 Å². The molecule has 0 aromatic heterocycles. The molecule has 3 heteroatoms. The van der Waals surface area contributed by atoms with Gasteiger partial charge in [-0.25, -0.2) is 4.39 Å². The van der Waals surface area contributed by atoms with Crippen molar-refractivity contribution in [1.82, 2.24) is 0 Å². The molecule has 94 valence electrons. The fraction of sp³-hybridized carbons (Fsp3) is 0.200. The van der Waals surface area contributed by atoms with Crippen molar-refractivity contribution >= 4 is 21.6 Å². The van der Waals surface area contributed by atoms with Crippen LogP contribution < -0.4 is 5.32 Å². The average molecular weight is 308 g/mol. The molecule has 0 radical (unpaired) electrons. The summed E-state index contributed by atoms with van der Waals surface area (Å²) in [7, 11) is 0. The van der Waals surface area contributed by atoms with Crippen LogP contribution in [-0.4, -0.2) is 0 Å². The van der Waals surface area contributed by atoms with E-state index < -0.39 is 0 Å². The molecule has 2 rings (SSSR count). The second-order valence-corrected chi connectivity index (χ2v) is 5.42. The van der Waals surface area contributed by atoms with Gasteiger partial charge in [0.2, 0.25) is 0 Å². The zero-order chi connectivity index (χ0) is 13.1. The van der Waals surface area contributed by atoms with E-state index in [1.165, 1.54) is 17.2 Å². The second-order valence-electron chi connectivity index (χ2n) is 4.51. The molecule has 0 aliphatic rings. The van der Waals surface area contributed by atoms with Crippen LogP contribution in [0, 0.1) is 19.7 Å². The predicted octanol–water partition coefficient (Wildman–Crippen LogP) is 4.82. The largest absolute Gasteiger partial charge is 0.381 e. The number of benzene rings is 2. The SMILES string of the molecule is Cc1cc(C)cc(NCc2cc(F)cc(Br)c2)c1. The molecule has 0 heterocycles. The third-order valence-electron chi connectivity index (χ3n) is 2.64. The molecule has 1 nitrogen and oxygen atoms in total. The Morgan fingerprint density at radius 3 is 2.28 bits per heavy atom. The van der Waals surface area contributed by atoms with Gasteiger partial charge < -0.3 is 5.32 Å². The topological polar surface area (TPSA) is 12.0 Å². The molecule has 1 N–H and O–H groups in total.